The molecule has 4 nitrogen and oxygen atoms in total. The Morgan fingerprint density at radius 2 is 1.95 bits per heavy atom. The second-order valence-corrected chi connectivity index (χ2v) is 6.14. The first-order chi connectivity index (χ1) is 10.7. The van der Waals surface area contributed by atoms with Gasteiger partial charge in [0.1, 0.15) is 0 Å². The van der Waals surface area contributed by atoms with Crippen molar-refractivity contribution in [2.24, 2.45) is 5.92 Å². The van der Waals surface area contributed by atoms with Crippen LogP contribution in [0, 0.1) is 5.92 Å². The average molecular weight is 321 g/mol. The minimum absolute atomic E-state index is 0.0671. The van der Waals surface area contributed by atoms with Gasteiger partial charge in [0.2, 0.25) is 5.91 Å². The van der Waals surface area contributed by atoms with Gasteiger partial charge in [-0.25, -0.2) is 0 Å². The molecule has 5 heteroatoms. The van der Waals surface area contributed by atoms with Crippen molar-refractivity contribution in [1.29, 1.82) is 0 Å². The lowest BCUT2D eigenvalue weighted by Gasteiger charge is -2.36. The third-order valence-corrected chi connectivity index (χ3v) is 4.46. The molecule has 0 aromatic heterocycles. The number of benzene rings is 1. The van der Waals surface area contributed by atoms with Gasteiger partial charge in [0, 0.05) is 29.5 Å². The molecule has 1 atom stereocenters. The minimum Gasteiger partial charge on any atom is -0.378 e. The maximum absolute atomic E-state index is 12.7. The Balaban J connectivity index is 1.70. The van der Waals surface area contributed by atoms with Gasteiger partial charge in [-0.05, 0) is 43.5 Å². The number of nitrogens with zero attached hydrogens (tertiary/aromatic N) is 1. The Labute approximate surface area is 136 Å². The molecule has 1 unspecified atom stereocenters. The van der Waals surface area contributed by atoms with Crippen LogP contribution in [0.3, 0.4) is 0 Å². The highest BCUT2D eigenvalue weighted by molar-refractivity contribution is 6.30. The number of rotatable bonds is 3. The van der Waals surface area contributed by atoms with Crippen molar-refractivity contribution in [2.45, 2.75) is 19.3 Å². The Morgan fingerprint density at radius 1 is 1.23 bits per heavy atom. The van der Waals surface area contributed by atoms with Crippen LogP contribution in [0.1, 0.15) is 19.3 Å². The molecule has 0 saturated carbocycles. The van der Waals surface area contributed by atoms with E-state index in [0.717, 1.165) is 51.3 Å². The van der Waals surface area contributed by atoms with Crippen LogP contribution >= 0.6 is 11.6 Å². The molecular formula is C17H21ClN2O2. The number of amides is 1. The molecule has 1 amide bonds. The van der Waals surface area contributed by atoms with E-state index in [2.05, 4.69) is 16.3 Å². The second-order valence-electron chi connectivity index (χ2n) is 5.71. The summed E-state index contributed by atoms with van der Waals surface area (Å²) in [7, 11) is 0. The van der Waals surface area contributed by atoms with Crippen LogP contribution in [-0.4, -0.2) is 37.1 Å². The summed E-state index contributed by atoms with van der Waals surface area (Å²) in [6, 6.07) is 7.25. The first kappa shape index (κ1) is 15.4. The van der Waals surface area contributed by atoms with Gasteiger partial charge in [-0.2, -0.15) is 0 Å². The van der Waals surface area contributed by atoms with Crippen LogP contribution in [0.4, 0.5) is 5.69 Å². The highest BCUT2D eigenvalue weighted by atomic mass is 35.5. The number of ether oxygens (including phenoxy) is 1. The smallest absolute Gasteiger partial charge is 0.233 e. The number of allylic oxidation sites excluding steroid dienone is 1. The van der Waals surface area contributed by atoms with Crippen molar-refractivity contribution < 1.29 is 9.53 Å². The molecule has 1 saturated heterocycles. The van der Waals surface area contributed by atoms with E-state index in [1.165, 1.54) is 5.70 Å². The molecule has 1 aromatic rings. The van der Waals surface area contributed by atoms with Crippen LogP contribution < -0.4 is 5.32 Å². The molecule has 22 heavy (non-hydrogen) atoms. The molecule has 0 bridgehead atoms. The SMILES string of the molecule is O=C(Nc1ccc(Cl)cc1)C1CCCC=C1N1CCOCC1. The topological polar surface area (TPSA) is 41.6 Å². The zero-order valence-corrected chi connectivity index (χ0v) is 13.3. The van der Waals surface area contributed by atoms with Gasteiger partial charge in [0.15, 0.2) is 0 Å². The fourth-order valence-corrected chi connectivity index (χ4v) is 3.19. The average Bonchev–Trinajstić information content (AvgIpc) is 2.58. The van der Waals surface area contributed by atoms with Crippen molar-refractivity contribution in [2.75, 3.05) is 31.6 Å². The van der Waals surface area contributed by atoms with Crippen LogP contribution in [0.5, 0.6) is 0 Å². The predicted octanol–water partition coefficient (Wildman–Crippen LogP) is 3.29. The van der Waals surface area contributed by atoms with Crippen LogP contribution in [0.15, 0.2) is 36.0 Å². The highest BCUT2D eigenvalue weighted by Gasteiger charge is 2.29. The number of nitrogens with one attached hydrogen (secondary N) is 1. The van der Waals surface area contributed by atoms with E-state index in [4.69, 9.17) is 16.3 Å². The fraction of sp³-hybridized carbons (Fsp3) is 0.471. The Bertz CT molecular complexity index is 550. The molecule has 1 N–H and O–H groups in total. The van der Waals surface area contributed by atoms with Gasteiger partial charge in [-0.1, -0.05) is 17.7 Å². The van der Waals surface area contributed by atoms with E-state index in [9.17, 15) is 4.79 Å². The molecule has 1 fully saturated rings. The predicted molar refractivity (Wildman–Crippen MR) is 87.9 cm³/mol. The highest BCUT2D eigenvalue weighted by Crippen LogP contribution is 2.29. The summed E-state index contributed by atoms with van der Waals surface area (Å²) in [6.45, 7) is 3.22. The quantitative estimate of drug-likeness (QED) is 0.929. The normalized spacial score (nSPS) is 22.1. The van der Waals surface area contributed by atoms with E-state index in [1.807, 2.05) is 12.1 Å². The largest absolute Gasteiger partial charge is 0.378 e. The number of anilines is 1. The van der Waals surface area contributed by atoms with Crippen molar-refractivity contribution in [1.82, 2.24) is 4.90 Å². The summed E-state index contributed by atoms with van der Waals surface area (Å²) in [4.78, 5) is 15.0. The molecule has 3 rings (SSSR count). The zero-order valence-electron chi connectivity index (χ0n) is 12.6. The van der Waals surface area contributed by atoms with E-state index < -0.39 is 0 Å². The summed E-state index contributed by atoms with van der Waals surface area (Å²) < 4.78 is 5.41. The molecule has 1 aromatic carbocycles. The van der Waals surface area contributed by atoms with Gasteiger partial charge >= 0.3 is 0 Å². The van der Waals surface area contributed by atoms with Gasteiger partial charge in [-0.3, -0.25) is 4.79 Å². The number of halogens is 1. The third-order valence-electron chi connectivity index (χ3n) is 4.21. The van der Waals surface area contributed by atoms with Crippen LogP contribution in [0.25, 0.3) is 0 Å². The lowest BCUT2D eigenvalue weighted by molar-refractivity contribution is -0.119. The fourth-order valence-electron chi connectivity index (χ4n) is 3.06. The summed E-state index contributed by atoms with van der Waals surface area (Å²) in [5, 5.41) is 3.68. The molecule has 118 valence electrons. The van der Waals surface area contributed by atoms with Crippen LogP contribution in [0.2, 0.25) is 5.02 Å². The monoisotopic (exact) mass is 320 g/mol. The Hall–Kier alpha value is -1.52. The molecule has 1 aliphatic carbocycles. The number of morpholine rings is 1. The Kier molecular flexibility index (Phi) is 5.01. The van der Waals surface area contributed by atoms with E-state index in [-0.39, 0.29) is 11.8 Å². The van der Waals surface area contributed by atoms with Gasteiger partial charge < -0.3 is 15.0 Å². The Morgan fingerprint density at radius 3 is 2.68 bits per heavy atom. The van der Waals surface area contributed by atoms with E-state index in [1.54, 1.807) is 12.1 Å². The number of carbonyl (C=O) groups excluding carboxylic acids is 1. The maximum atomic E-state index is 12.7. The summed E-state index contributed by atoms with van der Waals surface area (Å²) in [5.74, 6) is 0.00212. The maximum Gasteiger partial charge on any atom is 0.233 e. The summed E-state index contributed by atoms with van der Waals surface area (Å²) in [5.41, 5.74) is 1.96. The van der Waals surface area contributed by atoms with E-state index in [0.29, 0.717) is 5.02 Å². The van der Waals surface area contributed by atoms with Gasteiger partial charge in [0.25, 0.3) is 0 Å². The lowest BCUT2D eigenvalue weighted by Crippen LogP contribution is -2.41. The number of carbonyl (C=O) groups is 1. The molecule has 0 radical (unpaired) electrons. The second kappa shape index (κ2) is 7.16. The standard InChI is InChI=1S/C17H21ClN2O2/c18-13-5-7-14(8-6-13)19-17(21)15-3-1-2-4-16(15)20-9-11-22-12-10-20/h4-8,15H,1-3,9-12H2,(H,19,21). The van der Waals surface area contributed by atoms with Crippen molar-refractivity contribution in [3.8, 4) is 0 Å². The van der Waals surface area contributed by atoms with Crippen molar-refractivity contribution in [3.63, 3.8) is 0 Å². The summed E-state index contributed by atoms with van der Waals surface area (Å²) in [6.07, 6.45) is 5.24. The lowest BCUT2D eigenvalue weighted by atomic mass is 9.90. The minimum atomic E-state index is -0.0671. The third kappa shape index (κ3) is 3.62. The van der Waals surface area contributed by atoms with Crippen LogP contribution in [-0.2, 0) is 9.53 Å². The van der Waals surface area contributed by atoms with E-state index >= 15 is 0 Å². The van der Waals surface area contributed by atoms with Crippen molar-refractivity contribution >= 4 is 23.2 Å². The molecule has 0 spiro atoms. The van der Waals surface area contributed by atoms with Crippen molar-refractivity contribution in [3.05, 3.63) is 41.1 Å². The summed E-state index contributed by atoms with van der Waals surface area (Å²) >= 11 is 5.88. The first-order valence-corrected chi connectivity index (χ1v) is 8.21. The van der Waals surface area contributed by atoms with Gasteiger partial charge in [-0.15, -0.1) is 0 Å². The molecular weight excluding hydrogens is 300 g/mol. The molecule has 1 heterocycles. The zero-order chi connectivity index (χ0) is 15.4. The molecule has 1 aliphatic heterocycles. The first-order valence-electron chi connectivity index (χ1n) is 7.83. The number of hydrogen-bond donors (Lipinski definition) is 1. The van der Waals surface area contributed by atoms with Gasteiger partial charge in [0.05, 0.1) is 19.1 Å². The molecule has 2 aliphatic rings. The number of hydrogen-bond acceptors (Lipinski definition) is 3.